The summed E-state index contributed by atoms with van der Waals surface area (Å²) in [7, 11) is 1.77. The van der Waals surface area contributed by atoms with E-state index in [1.807, 2.05) is 13.8 Å². The molecular weight excluding hydrogens is 218 g/mol. The van der Waals surface area contributed by atoms with E-state index >= 15 is 0 Å². The molecule has 0 aliphatic carbocycles. The second-order valence-corrected chi connectivity index (χ2v) is 4.90. The van der Waals surface area contributed by atoms with Gasteiger partial charge < -0.3 is 15.8 Å². The van der Waals surface area contributed by atoms with Crippen molar-refractivity contribution in [2.24, 2.45) is 5.73 Å². The molecule has 100 valence electrons. The Bertz CT molecular complexity index is 258. The zero-order chi connectivity index (χ0) is 12.9. The van der Waals surface area contributed by atoms with Crippen molar-refractivity contribution in [3.8, 4) is 0 Å². The molecule has 0 spiro atoms. The zero-order valence-corrected chi connectivity index (χ0v) is 11.2. The van der Waals surface area contributed by atoms with Gasteiger partial charge in [0.2, 0.25) is 5.91 Å². The quantitative estimate of drug-likeness (QED) is 0.686. The summed E-state index contributed by atoms with van der Waals surface area (Å²) in [5, 5.41) is 3.01. The minimum absolute atomic E-state index is 0.294. The number of piperidine rings is 1. The molecule has 1 amide bonds. The van der Waals surface area contributed by atoms with Crippen LogP contribution in [0.3, 0.4) is 0 Å². The van der Waals surface area contributed by atoms with Gasteiger partial charge in [0.1, 0.15) is 5.54 Å². The van der Waals surface area contributed by atoms with E-state index in [4.69, 9.17) is 10.5 Å². The number of hydrogen-bond donors (Lipinski definition) is 2. The number of ether oxygens (including phenoxy) is 1. The Labute approximate surface area is 104 Å². The molecule has 1 aliphatic heterocycles. The number of primary amides is 1. The molecule has 1 aliphatic rings. The van der Waals surface area contributed by atoms with Crippen molar-refractivity contribution in [2.75, 3.05) is 33.3 Å². The number of carbonyl (C=O) groups excluding carboxylic acids is 1. The van der Waals surface area contributed by atoms with Crippen molar-refractivity contribution in [1.29, 1.82) is 0 Å². The van der Waals surface area contributed by atoms with E-state index in [2.05, 4.69) is 10.2 Å². The summed E-state index contributed by atoms with van der Waals surface area (Å²) in [5.41, 5.74) is 4.77. The number of hydrogen-bond acceptors (Lipinski definition) is 4. The number of amides is 1. The maximum absolute atomic E-state index is 11.4. The Kier molecular flexibility index (Phi) is 5.36. The van der Waals surface area contributed by atoms with Crippen LogP contribution in [0.4, 0.5) is 0 Å². The maximum Gasteiger partial charge on any atom is 0.238 e. The van der Waals surface area contributed by atoms with Crippen LogP contribution < -0.4 is 11.1 Å². The molecule has 0 bridgehead atoms. The summed E-state index contributed by atoms with van der Waals surface area (Å²) < 4.78 is 5.64. The van der Waals surface area contributed by atoms with E-state index in [0.717, 1.165) is 32.5 Å². The lowest BCUT2D eigenvalue weighted by Crippen LogP contribution is -2.59. The van der Waals surface area contributed by atoms with Crippen LogP contribution in [0, 0.1) is 0 Å². The first-order valence-corrected chi connectivity index (χ1v) is 6.34. The molecule has 5 heteroatoms. The lowest BCUT2D eigenvalue weighted by molar-refractivity contribution is -0.124. The van der Waals surface area contributed by atoms with Gasteiger partial charge in [-0.1, -0.05) is 0 Å². The van der Waals surface area contributed by atoms with Gasteiger partial charge in [-0.2, -0.15) is 0 Å². The molecule has 5 nitrogen and oxygen atoms in total. The van der Waals surface area contributed by atoms with Crippen LogP contribution in [0.25, 0.3) is 0 Å². The van der Waals surface area contributed by atoms with Crippen molar-refractivity contribution in [1.82, 2.24) is 10.2 Å². The average molecular weight is 243 g/mol. The largest absolute Gasteiger partial charge is 0.377 e. The van der Waals surface area contributed by atoms with E-state index in [1.165, 1.54) is 0 Å². The molecule has 0 saturated carbocycles. The Balaban J connectivity index is 2.52. The van der Waals surface area contributed by atoms with E-state index in [0.29, 0.717) is 12.6 Å². The molecule has 0 aromatic carbocycles. The second-order valence-electron chi connectivity index (χ2n) is 4.90. The number of likely N-dealkylation sites (N-methyl/N-ethyl adjacent to an activating group) is 1. The lowest BCUT2D eigenvalue weighted by atomic mass is 9.99. The van der Waals surface area contributed by atoms with Gasteiger partial charge in [0.15, 0.2) is 0 Å². The summed E-state index contributed by atoms with van der Waals surface area (Å²) in [6, 6.07) is 0. The topological polar surface area (TPSA) is 67.6 Å². The molecule has 1 rings (SSSR count). The fourth-order valence-electron chi connectivity index (χ4n) is 2.26. The third-order valence-electron chi connectivity index (χ3n) is 3.50. The molecule has 0 aromatic rings. The predicted molar refractivity (Wildman–Crippen MR) is 67.7 cm³/mol. The molecule has 3 N–H and O–H groups in total. The summed E-state index contributed by atoms with van der Waals surface area (Å²) in [6.45, 7) is 7.15. The van der Waals surface area contributed by atoms with Crippen LogP contribution in [0.1, 0.15) is 26.7 Å². The van der Waals surface area contributed by atoms with Crippen molar-refractivity contribution in [2.45, 2.75) is 38.3 Å². The number of carbonyl (C=O) groups is 1. The highest BCUT2D eigenvalue weighted by molar-refractivity contribution is 5.84. The van der Waals surface area contributed by atoms with E-state index in [-0.39, 0.29) is 5.91 Å². The fourth-order valence-corrected chi connectivity index (χ4v) is 2.26. The van der Waals surface area contributed by atoms with Crippen molar-refractivity contribution < 1.29 is 9.53 Å². The van der Waals surface area contributed by atoms with E-state index < -0.39 is 5.54 Å². The van der Waals surface area contributed by atoms with Crippen LogP contribution >= 0.6 is 0 Å². The van der Waals surface area contributed by atoms with Crippen LogP contribution in [0.15, 0.2) is 0 Å². The van der Waals surface area contributed by atoms with Crippen LogP contribution in [-0.2, 0) is 9.53 Å². The first-order valence-electron chi connectivity index (χ1n) is 6.34. The molecule has 1 fully saturated rings. The Morgan fingerprint density at radius 2 is 2.35 bits per heavy atom. The first kappa shape index (κ1) is 14.4. The van der Waals surface area contributed by atoms with Crippen molar-refractivity contribution in [3.05, 3.63) is 0 Å². The van der Waals surface area contributed by atoms with Gasteiger partial charge in [0.25, 0.3) is 0 Å². The molecule has 1 saturated heterocycles. The number of nitrogens with zero attached hydrogens (tertiary/aromatic N) is 1. The SMILES string of the molecule is CCOC1CCCN(CC(C)(NC)C(N)=O)C1. The second kappa shape index (κ2) is 6.33. The first-order chi connectivity index (χ1) is 8.01. The average Bonchev–Trinajstić information content (AvgIpc) is 2.29. The Morgan fingerprint density at radius 3 is 2.88 bits per heavy atom. The molecule has 17 heavy (non-hydrogen) atoms. The lowest BCUT2D eigenvalue weighted by Gasteiger charge is -2.37. The molecule has 2 unspecified atom stereocenters. The third kappa shape index (κ3) is 3.94. The number of nitrogens with one attached hydrogen (secondary N) is 1. The minimum atomic E-state index is -0.659. The van der Waals surface area contributed by atoms with Gasteiger partial charge in [-0.15, -0.1) is 0 Å². The predicted octanol–water partition coefficient (Wildman–Crippen LogP) is -0.0493. The highest BCUT2D eigenvalue weighted by Gasteiger charge is 2.33. The molecule has 0 radical (unpaired) electrons. The van der Waals surface area contributed by atoms with Gasteiger partial charge in [-0.05, 0) is 40.3 Å². The van der Waals surface area contributed by atoms with Gasteiger partial charge in [-0.3, -0.25) is 9.69 Å². The molecule has 2 atom stereocenters. The summed E-state index contributed by atoms with van der Waals surface area (Å²) in [5.74, 6) is -0.307. The summed E-state index contributed by atoms with van der Waals surface area (Å²) >= 11 is 0. The van der Waals surface area contributed by atoms with Gasteiger partial charge in [-0.25, -0.2) is 0 Å². The van der Waals surface area contributed by atoms with Crippen molar-refractivity contribution in [3.63, 3.8) is 0 Å². The Morgan fingerprint density at radius 1 is 1.65 bits per heavy atom. The van der Waals surface area contributed by atoms with Crippen LogP contribution in [-0.4, -0.2) is 55.7 Å². The summed E-state index contributed by atoms with van der Waals surface area (Å²) in [6.07, 6.45) is 2.52. The highest BCUT2D eigenvalue weighted by Crippen LogP contribution is 2.16. The fraction of sp³-hybridized carbons (Fsp3) is 0.917. The van der Waals surface area contributed by atoms with E-state index in [9.17, 15) is 4.79 Å². The minimum Gasteiger partial charge on any atom is -0.377 e. The molecule has 0 aromatic heterocycles. The summed E-state index contributed by atoms with van der Waals surface area (Å²) in [4.78, 5) is 13.7. The molecular formula is C12H25N3O2. The number of likely N-dealkylation sites (tertiary alicyclic amines) is 1. The van der Waals surface area contributed by atoms with Gasteiger partial charge >= 0.3 is 0 Å². The van der Waals surface area contributed by atoms with Crippen LogP contribution in [0.5, 0.6) is 0 Å². The maximum atomic E-state index is 11.4. The van der Waals surface area contributed by atoms with Gasteiger partial charge in [0.05, 0.1) is 6.10 Å². The number of nitrogens with two attached hydrogens (primary N) is 1. The monoisotopic (exact) mass is 243 g/mol. The third-order valence-corrected chi connectivity index (χ3v) is 3.50. The van der Waals surface area contributed by atoms with E-state index in [1.54, 1.807) is 7.05 Å². The Hall–Kier alpha value is -0.650. The smallest absolute Gasteiger partial charge is 0.238 e. The zero-order valence-electron chi connectivity index (χ0n) is 11.2. The highest BCUT2D eigenvalue weighted by atomic mass is 16.5. The van der Waals surface area contributed by atoms with Crippen LogP contribution in [0.2, 0.25) is 0 Å². The van der Waals surface area contributed by atoms with Crippen molar-refractivity contribution >= 4 is 5.91 Å². The van der Waals surface area contributed by atoms with Gasteiger partial charge in [0, 0.05) is 19.7 Å². The normalized spacial score (nSPS) is 25.5. The number of rotatable bonds is 6. The molecule has 1 heterocycles. The standard InChI is InChI=1S/C12H25N3O2/c1-4-17-10-6-5-7-15(8-10)9-12(2,14-3)11(13)16/h10,14H,4-9H2,1-3H3,(H2,13,16).